The van der Waals surface area contributed by atoms with E-state index in [0.29, 0.717) is 6.42 Å². The van der Waals surface area contributed by atoms with E-state index in [2.05, 4.69) is 5.32 Å². The van der Waals surface area contributed by atoms with Crippen molar-refractivity contribution >= 4 is 18.2 Å². The molecule has 8 heteroatoms. The molecule has 2 rings (SSSR count). The minimum absolute atomic E-state index is 0.107. The van der Waals surface area contributed by atoms with Gasteiger partial charge in [0.1, 0.15) is 12.2 Å². The van der Waals surface area contributed by atoms with Crippen molar-refractivity contribution in [3.8, 4) is 0 Å². The van der Waals surface area contributed by atoms with Gasteiger partial charge in [0.15, 0.2) is 6.04 Å². The number of alkyl carbamates (subject to hydrolysis) is 1. The lowest BCUT2D eigenvalue weighted by Gasteiger charge is -2.29. The maximum absolute atomic E-state index is 12.6. The van der Waals surface area contributed by atoms with Crippen molar-refractivity contribution in [3.05, 3.63) is 35.9 Å². The first kappa shape index (κ1) is 22.5. The van der Waals surface area contributed by atoms with Crippen LogP contribution < -0.4 is 5.32 Å². The molecular formula is C21H30N2O6. The van der Waals surface area contributed by atoms with Crippen LogP contribution in [-0.4, -0.2) is 53.4 Å². The molecule has 1 aromatic carbocycles. The summed E-state index contributed by atoms with van der Waals surface area (Å²) in [4.78, 5) is 38.8. The highest BCUT2D eigenvalue weighted by Crippen LogP contribution is 2.23. The van der Waals surface area contributed by atoms with Gasteiger partial charge in [-0.3, -0.25) is 4.90 Å². The van der Waals surface area contributed by atoms with Gasteiger partial charge in [0, 0.05) is 6.54 Å². The maximum atomic E-state index is 12.6. The van der Waals surface area contributed by atoms with Gasteiger partial charge in [0.2, 0.25) is 0 Å². The van der Waals surface area contributed by atoms with Crippen LogP contribution in [0.25, 0.3) is 0 Å². The zero-order chi connectivity index (χ0) is 21.6. The molecule has 1 aromatic rings. The lowest BCUT2D eigenvalue weighted by atomic mass is 10.1. The van der Waals surface area contributed by atoms with Gasteiger partial charge >= 0.3 is 18.2 Å². The molecule has 2 amide bonds. The summed E-state index contributed by atoms with van der Waals surface area (Å²) in [6.07, 6.45) is -1.25. The van der Waals surface area contributed by atoms with Gasteiger partial charge < -0.3 is 19.5 Å². The Kier molecular flexibility index (Phi) is 7.47. The molecule has 1 aliphatic heterocycles. The Bertz CT molecular complexity index is 714. The van der Waals surface area contributed by atoms with Gasteiger partial charge in [0.05, 0.1) is 12.1 Å². The minimum atomic E-state index is -0.975. The molecule has 0 aromatic heterocycles. The second-order valence-corrected chi connectivity index (χ2v) is 8.21. The Morgan fingerprint density at radius 3 is 2.41 bits per heavy atom. The molecule has 1 fully saturated rings. The lowest BCUT2D eigenvalue weighted by molar-refractivity contribution is -0.153. The Morgan fingerprint density at radius 1 is 1.17 bits per heavy atom. The highest BCUT2D eigenvalue weighted by molar-refractivity contribution is 5.84. The third-order valence-electron chi connectivity index (χ3n) is 4.14. The molecule has 1 heterocycles. The minimum Gasteiger partial charge on any atom is -0.461 e. The molecule has 0 saturated carbocycles. The number of esters is 1. The summed E-state index contributed by atoms with van der Waals surface area (Å²) in [5.74, 6) is -0.586. The average molecular weight is 406 g/mol. The van der Waals surface area contributed by atoms with Crippen LogP contribution >= 0.6 is 0 Å². The first-order valence-electron chi connectivity index (χ1n) is 9.74. The van der Waals surface area contributed by atoms with Gasteiger partial charge in [-0.1, -0.05) is 30.3 Å². The first-order valence-corrected chi connectivity index (χ1v) is 9.74. The van der Waals surface area contributed by atoms with E-state index in [4.69, 9.17) is 14.2 Å². The lowest BCUT2D eigenvalue weighted by Crippen LogP contribution is -2.53. The number of nitrogens with zero attached hydrogens (tertiary/aromatic N) is 1. The molecule has 0 bridgehead atoms. The van der Waals surface area contributed by atoms with Crippen LogP contribution in [0.5, 0.6) is 0 Å². The Labute approximate surface area is 171 Å². The van der Waals surface area contributed by atoms with E-state index < -0.39 is 35.8 Å². The number of hydrogen-bond donors (Lipinski definition) is 1. The van der Waals surface area contributed by atoms with Crippen LogP contribution in [-0.2, 0) is 25.6 Å². The predicted octanol–water partition coefficient (Wildman–Crippen LogP) is 3.24. The SMILES string of the molecule is CC(C)OC(=O)[C@@H]1[C@H](NC(=O)OCc2ccccc2)CCN1C(=O)OC(C)(C)C. The molecule has 1 aliphatic rings. The average Bonchev–Trinajstić information content (AvgIpc) is 3.02. The van der Waals surface area contributed by atoms with E-state index in [1.54, 1.807) is 34.6 Å². The molecule has 0 aliphatic carbocycles. The van der Waals surface area contributed by atoms with E-state index in [1.165, 1.54) is 4.90 Å². The van der Waals surface area contributed by atoms with Crippen molar-refractivity contribution < 1.29 is 28.6 Å². The standard InChI is InChI=1S/C21H30N2O6/c1-14(2)28-18(24)17-16(11-12-23(17)20(26)29-21(3,4)5)22-19(25)27-13-15-9-7-6-8-10-15/h6-10,14,16-17H,11-13H2,1-5H3,(H,22,25)/t16-,17+/m1/s1. The monoisotopic (exact) mass is 406 g/mol. The van der Waals surface area contributed by atoms with Crippen molar-refractivity contribution in [2.75, 3.05) is 6.54 Å². The number of rotatable bonds is 5. The molecule has 0 spiro atoms. The van der Waals surface area contributed by atoms with Crippen LogP contribution in [0.4, 0.5) is 9.59 Å². The number of carbonyl (C=O) groups is 3. The Balaban J connectivity index is 2.05. The quantitative estimate of drug-likeness (QED) is 0.596. The second-order valence-electron chi connectivity index (χ2n) is 8.21. The van der Waals surface area contributed by atoms with E-state index in [-0.39, 0.29) is 19.3 Å². The van der Waals surface area contributed by atoms with Crippen molar-refractivity contribution in [1.29, 1.82) is 0 Å². The molecule has 1 saturated heterocycles. The van der Waals surface area contributed by atoms with Gasteiger partial charge in [-0.25, -0.2) is 14.4 Å². The number of hydrogen-bond acceptors (Lipinski definition) is 6. The largest absolute Gasteiger partial charge is 0.461 e. The molecule has 29 heavy (non-hydrogen) atoms. The number of carbonyl (C=O) groups excluding carboxylic acids is 3. The van der Waals surface area contributed by atoms with Crippen LogP contribution in [0.1, 0.15) is 46.6 Å². The van der Waals surface area contributed by atoms with Gasteiger partial charge in [-0.15, -0.1) is 0 Å². The maximum Gasteiger partial charge on any atom is 0.411 e. The number of amides is 2. The number of nitrogens with one attached hydrogen (secondary N) is 1. The van der Waals surface area contributed by atoms with Crippen molar-refractivity contribution in [1.82, 2.24) is 10.2 Å². The van der Waals surface area contributed by atoms with Gasteiger partial charge in [-0.05, 0) is 46.6 Å². The summed E-state index contributed by atoms with van der Waals surface area (Å²) >= 11 is 0. The van der Waals surface area contributed by atoms with Crippen LogP contribution in [0.2, 0.25) is 0 Å². The molecule has 160 valence electrons. The van der Waals surface area contributed by atoms with Crippen molar-refractivity contribution in [3.63, 3.8) is 0 Å². The summed E-state index contributed by atoms with van der Waals surface area (Å²) in [7, 11) is 0. The number of likely N-dealkylation sites (tertiary alicyclic amines) is 1. The summed E-state index contributed by atoms with van der Waals surface area (Å²) < 4.78 is 15.9. The summed E-state index contributed by atoms with van der Waals surface area (Å²) in [5.41, 5.74) is 0.143. The highest BCUT2D eigenvalue weighted by Gasteiger charge is 2.45. The zero-order valence-corrected chi connectivity index (χ0v) is 17.6. The Morgan fingerprint density at radius 2 is 1.83 bits per heavy atom. The fraction of sp³-hybridized carbons (Fsp3) is 0.571. The zero-order valence-electron chi connectivity index (χ0n) is 17.6. The van der Waals surface area contributed by atoms with Crippen LogP contribution in [0.15, 0.2) is 30.3 Å². The van der Waals surface area contributed by atoms with Gasteiger partial charge in [0.25, 0.3) is 0 Å². The van der Waals surface area contributed by atoms with Crippen LogP contribution in [0, 0.1) is 0 Å². The third kappa shape index (κ3) is 6.96. The fourth-order valence-electron chi connectivity index (χ4n) is 2.98. The molecule has 0 radical (unpaired) electrons. The summed E-state index contributed by atoms with van der Waals surface area (Å²) in [5, 5.41) is 2.69. The van der Waals surface area contributed by atoms with E-state index in [1.807, 2.05) is 30.3 Å². The third-order valence-corrected chi connectivity index (χ3v) is 4.14. The smallest absolute Gasteiger partial charge is 0.411 e. The number of benzene rings is 1. The summed E-state index contributed by atoms with van der Waals surface area (Å²) in [6, 6.07) is 7.66. The molecule has 2 atom stereocenters. The molecule has 0 unspecified atom stereocenters. The van der Waals surface area contributed by atoms with E-state index >= 15 is 0 Å². The second kappa shape index (κ2) is 9.62. The normalized spacial score (nSPS) is 19.0. The van der Waals surface area contributed by atoms with Crippen molar-refractivity contribution in [2.24, 2.45) is 0 Å². The fourth-order valence-corrected chi connectivity index (χ4v) is 2.98. The van der Waals surface area contributed by atoms with E-state index in [0.717, 1.165) is 5.56 Å². The number of ether oxygens (including phenoxy) is 3. The van der Waals surface area contributed by atoms with Crippen LogP contribution in [0.3, 0.4) is 0 Å². The topological polar surface area (TPSA) is 94.2 Å². The molecule has 1 N–H and O–H groups in total. The van der Waals surface area contributed by atoms with Gasteiger partial charge in [-0.2, -0.15) is 0 Å². The summed E-state index contributed by atoms with van der Waals surface area (Å²) in [6.45, 7) is 9.06. The van der Waals surface area contributed by atoms with E-state index in [9.17, 15) is 14.4 Å². The Hall–Kier alpha value is -2.77. The predicted molar refractivity (Wildman–Crippen MR) is 106 cm³/mol. The highest BCUT2D eigenvalue weighted by atomic mass is 16.6. The molecular weight excluding hydrogens is 376 g/mol. The molecule has 8 nitrogen and oxygen atoms in total. The van der Waals surface area contributed by atoms with Crippen molar-refractivity contribution in [2.45, 2.75) is 71.4 Å². The first-order chi connectivity index (χ1) is 13.6.